The maximum Gasteiger partial charge on any atom is 0.338 e. The number of aromatic nitrogens is 2. The van der Waals surface area contributed by atoms with Crippen LogP contribution in [0.25, 0.3) is 17.0 Å². The van der Waals surface area contributed by atoms with Gasteiger partial charge in [0.2, 0.25) is 0 Å². The highest BCUT2D eigenvalue weighted by Crippen LogP contribution is 2.33. The maximum absolute atomic E-state index is 14.3. The zero-order valence-electron chi connectivity index (χ0n) is 24.6. The third-order valence-electron chi connectivity index (χ3n) is 7.83. The van der Waals surface area contributed by atoms with E-state index in [-0.39, 0.29) is 12.2 Å². The Kier molecular flexibility index (Phi) is 8.24. The summed E-state index contributed by atoms with van der Waals surface area (Å²) in [5.74, 6) is 0.113. The van der Waals surface area contributed by atoms with E-state index in [1.165, 1.54) is 11.3 Å². The predicted octanol–water partition coefficient (Wildman–Crippen LogP) is 6.43. The van der Waals surface area contributed by atoms with Gasteiger partial charge in [0.05, 0.1) is 35.6 Å². The van der Waals surface area contributed by atoms with Crippen molar-refractivity contribution in [3.8, 4) is 5.75 Å². The van der Waals surface area contributed by atoms with Crippen LogP contribution in [-0.2, 0) is 16.1 Å². The van der Waals surface area contributed by atoms with Gasteiger partial charge < -0.3 is 14.0 Å². The van der Waals surface area contributed by atoms with Crippen LogP contribution in [0.4, 0.5) is 0 Å². The Labute approximate surface area is 267 Å². The molecule has 0 spiro atoms. The fourth-order valence-electron chi connectivity index (χ4n) is 5.71. The lowest BCUT2D eigenvalue weighted by atomic mass is 9.95. The Hall–Kier alpha value is -4.11. The lowest BCUT2D eigenvalue weighted by molar-refractivity contribution is -0.139. The summed E-state index contributed by atoms with van der Waals surface area (Å²) in [6.07, 6.45) is 1.92. The smallest absolute Gasteiger partial charge is 0.338 e. The van der Waals surface area contributed by atoms with Crippen LogP contribution in [0.3, 0.4) is 0 Å². The Morgan fingerprint density at radius 2 is 1.86 bits per heavy atom. The SMILES string of the molecule is CCOC(=O)C1=C(C)N=c2s/c(=C\c3c(C)n(Cc4ccc(Cl)cc4Cl)c4ccccc34)c(=O)n2[C@@H]1c1cccc(OC)c1. The van der Waals surface area contributed by atoms with Gasteiger partial charge in [-0.25, -0.2) is 9.79 Å². The van der Waals surface area contributed by atoms with Crippen molar-refractivity contribution >= 4 is 57.5 Å². The fourth-order valence-corrected chi connectivity index (χ4v) is 7.21. The molecule has 1 aliphatic heterocycles. The summed E-state index contributed by atoms with van der Waals surface area (Å²) < 4.78 is 15.2. The van der Waals surface area contributed by atoms with Crippen molar-refractivity contribution in [1.82, 2.24) is 9.13 Å². The molecule has 0 aliphatic carbocycles. The molecule has 44 heavy (non-hydrogen) atoms. The quantitative estimate of drug-likeness (QED) is 0.191. The number of allylic oxidation sites excluding steroid dienone is 1. The number of thiazole rings is 1. The highest BCUT2D eigenvalue weighted by atomic mass is 35.5. The number of carbonyl (C=O) groups excluding carboxylic acids is 1. The first-order chi connectivity index (χ1) is 21.2. The van der Waals surface area contributed by atoms with Gasteiger partial charge in [-0.2, -0.15) is 0 Å². The summed E-state index contributed by atoms with van der Waals surface area (Å²) in [5, 5.41) is 2.18. The fraction of sp³-hybridized carbons (Fsp3) is 0.206. The summed E-state index contributed by atoms with van der Waals surface area (Å²) in [6.45, 7) is 6.30. The molecule has 3 aromatic carbocycles. The zero-order chi connectivity index (χ0) is 31.1. The molecule has 0 saturated carbocycles. The molecular weight excluding hydrogens is 617 g/mol. The van der Waals surface area contributed by atoms with Crippen molar-refractivity contribution < 1.29 is 14.3 Å². The molecule has 7 nitrogen and oxygen atoms in total. The maximum atomic E-state index is 14.3. The third kappa shape index (κ3) is 5.27. The number of hydrogen-bond acceptors (Lipinski definition) is 6. The second-order valence-corrected chi connectivity index (χ2v) is 12.3. The minimum Gasteiger partial charge on any atom is -0.497 e. The number of hydrogen-bond donors (Lipinski definition) is 0. The van der Waals surface area contributed by atoms with Gasteiger partial charge in [0, 0.05) is 38.8 Å². The van der Waals surface area contributed by atoms with E-state index in [1.807, 2.05) is 67.6 Å². The molecule has 0 unspecified atom stereocenters. The van der Waals surface area contributed by atoms with Gasteiger partial charge in [-0.05, 0) is 68.3 Å². The van der Waals surface area contributed by atoms with E-state index < -0.39 is 12.0 Å². The molecule has 0 bridgehead atoms. The van der Waals surface area contributed by atoms with Gasteiger partial charge >= 0.3 is 5.97 Å². The van der Waals surface area contributed by atoms with Gasteiger partial charge in [0.1, 0.15) is 5.75 Å². The Morgan fingerprint density at radius 1 is 1.07 bits per heavy atom. The lowest BCUT2D eigenvalue weighted by Gasteiger charge is -2.25. The number of benzene rings is 3. The Bertz CT molecular complexity index is 2160. The molecule has 1 atom stereocenters. The van der Waals surface area contributed by atoms with Gasteiger partial charge in [0.25, 0.3) is 5.56 Å². The molecule has 224 valence electrons. The number of para-hydroxylation sites is 1. The number of ether oxygens (including phenoxy) is 2. The molecule has 3 heterocycles. The number of fused-ring (bicyclic) bond motifs is 2. The number of rotatable bonds is 7. The van der Waals surface area contributed by atoms with Gasteiger partial charge in [-0.3, -0.25) is 9.36 Å². The summed E-state index contributed by atoms with van der Waals surface area (Å²) in [6, 6.07) is 20.2. The van der Waals surface area contributed by atoms with Crippen LogP contribution in [0.5, 0.6) is 5.75 Å². The van der Waals surface area contributed by atoms with Crippen LogP contribution >= 0.6 is 34.5 Å². The molecule has 0 radical (unpaired) electrons. The first-order valence-corrected chi connectivity index (χ1v) is 15.6. The standard InChI is InChI=1S/C34H29Cl2N3O4S/c1-5-43-33(41)30-19(2)37-34-39(31(30)21-9-8-10-24(15-21)42-4)32(40)29(44-34)17-26-20(3)38(28-12-7-6-11-25(26)28)18-22-13-14-23(35)16-27(22)36/h6-17,31H,5,18H2,1-4H3/b29-17-/t31-/m1/s1. The number of halogens is 2. The molecular formula is C34H29Cl2N3O4S. The highest BCUT2D eigenvalue weighted by Gasteiger charge is 2.33. The highest BCUT2D eigenvalue weighted by molar-refractivity contribution is 7.07. The average Bonchev–Trinajstić information content (AvgIpc) is 3.46. The first-order valence-electron chi connectivity index (χ1n) is 14.1. The molecule has 0 N–H and O–H groups in total. The topological polar surface area (TPSA) is 74.8 Å². The van der Waals surface area contributed by atoms with E-state index in [9.17, 15) is 9.59 Å². The lowest BCUT2D eigenvalue weighted by Crippen LogP contribution is -2.39. The molecule has 0 saturated heterocycles. The predicted molar refractivity (Wildman–Crippen MR) is 176 cm³/mol. The number of methoxy groups -OCH3 is 1. The minimum atomic E-state index is -0.725. The largest absolute Gasteiger partial charge is 0.497 e. The normalized spacial score (nSPS) is 15.0. The molecule has 0 amide bonds. The number of esters is 1. The Balaban J connectivity index is 1.55. The second kappa shape index (κ2) is 12.1. The van der Waals surface area contributed by atoms with E-state index in [0.29, 0.717) is 42.9 Å². The second-order valence-electron chi connectivity index (χ2n) is 10.4. The number of nitrogens with zero attached hydrogens (tertiary/aromatic N) is 3. The molecule has 1 aliphatic rings. The first kappa shape index (κ1) is 29.9. The van der Waals surface area contributed by atoms with Crippen molar-refractivity contribution in [2.75, 3.05) is 13.7 Å². The van der Waals surface area contributed by atoms with Gasteiger partial charge in [-0.1, -0.05) is 70.9 Å². The van der Waals surface area contributed by atoms with E-state index in [0.717, 1.165) is 33.3 Å². The number of carbonyl (C=O) groups is 1. The molecule has 5 aromatic rings. The van der Waals surface area contributed by atoms with Crippen molar-refractivity contribution in [3.05, 3.63) is 130 Å². The van der Waals surface area contributed by atoms with Crippen LogP contribution in [0, 0.1) is 6.92 Å². The van der Waals surface area contributed by atoms with E-state index >= 15 is 0 Å². The molecule has 6 rings (SSSR count). The molecule has 10 heteroatoms. The van der Waals surface area contributed by atoms with E-state index in [1.54, 1.807) is 31.6 Å². The van der Waals surface area contributed by atoms with Crippen LogP contribution in [0.15, 0.2) is 87.8 Å². The molecule has 0 fully saturated rings. The van der Waals surface area contributed by atoms with Crippen LogP contribution in [0.1, 0.15) is 42.3 Å². The van der Waals surface area contributed by atoms with Crippen LogP contribution in [-0.4, -0.2) is 28.8 Å². The van der Waals surface area contributed by atoms with Gasteiger partial charge in [-0.15, -0.1) is 0 Å². The Morgan fingerprint density at radius 3 is 2.61 bits per heavy atom. The molecule has 2 aromatic heterocycles. The van der Waals surface area contributed by atoms with Crippen LogP contribution in [0.2, 0.25) is 10.0 Å². The van der Waals surface area contributed by atoms with Gasteiger partial charge in [0.15, 0.2) is 4.80 Å². The van der Waals surface area contributed by atoms with Crippen LogP contribution < -0.4 is 19.6 Å². The average molecular weight is 647 g/mol. The summed E-state index contributed by atoms with van der Waals surface area (Å²) in [5.41, 5.74) is 5.18. The summed E-state index contributed by atoms with van der Waals surface area (Å²) in [7, 11) is 1.58. The minimum absolute atomic E-state index is 0.204. The van der Waals surface area contributed by atoms with Crippen molar-refractivity contribution in [2.24, 2.45) is 4.99 Å². The zero-order valence-corrected chi connectivity index (χ0v) is 26.9. The van der Waals surface area contributed by atoms with Crippen molar-refractivity contribution in [3.63, 3.8) is 0 Å². The summed E-state index contributed by atoms with van der Waals surface area (Å²) >= 11 is 14.0. The summed E-state index contributed by atoms with van der Waals surface area (Å²) in [4.78, 5) is 32.7. The van der Waals surface area contributed by atoms with E-state index in [2.05, 4.69) is 10.6 Å². The van der Waals surface area contributed by atoms with E-state index in [4.69, 9.17) is 37.7 Å². The third-order valence-corrected chi connectivity index (χ3v) is 9.40. The van der Waals surface area contributed by atoms with Crippen molar-refractivity contribution in [2.45, 2.75) is 33.4 Å². The monoisotopic (exact) mass is 645 g/mol. The van der Waals surface area contributed by atoms with Crippen molar-refractivity contribution in [1.29, 1.82) is 0 Å².